The van der Waals surface area contributed by atoms with Crippen LogP contribution in [0.1, 0.15) is 28.9 Å². The van der Waals surface area contributed by atoms with Crippen molar-refractivity contribution in [2.75, 3.05) is 23.3 Å². The number of alkyl halides is 6. The molecular weight excluding hydrogens is 502 g/mol. The van der Waals surface area contributed by atoms with E-state index in [-0.39, 0.29) is 35.9 Å². The van der Waals surface area contributed by atoms with Gasteiger partial charge in [-0.25, -0.2) is 27.5 Å². The van der Waals surface area contributed by atoms with Crippen molar-refractivity contribution in [2.45, 2.75) is 31.2 Å². The number of aryl methyl sites for hydroxylation is 1. The van der Waals surface area contributed by atoms with Crippen LogP contribution < -0.4 is 16.0 Å². The van der Waals surface area contributed by atoms with Gasteiger partial charge in [0.15, 0.2) is 11.3 Å². The van der Waals surface area contributed by atoms with Crippen molar-refractivity contribution in [1.82, 2.24) is 24.4 Å². The van der Waals surface area contributed by atoms with Gasteiger partial charge in [0.2, 0.25) is 0 Å². The second kappa shape index (κ2) is 10.4. The number of fused-ring (bicyclic) bond motifs is 1. The number of carboxylic acid groups (broad SMARTS) is 1. The minimum atomic E-state index is -5.08. The number of amides is 1. The van der Waals surface area contributed by atoms with Crippen LogP contribution in [0.25, 0.3) is 5.65 Å². The van der Waals surface area contributed by atoms with Gasteiger partial charge in [-0.2, -0.15) is 23.4 Å². The maximum Gasteiger partial charge on any atom is 0.490 e. The lowest BCUT2D eigenvalue weighted by molar-refractivity contribution is -0.192. The van der Waals surface area contributed by atoms with Crippen molar-refractivity contribution < 1.29 is 41.0 Å². The average Bonchev–Trinajstić information content (AvgIpc) is 3.35. The molecule has 1 fully saturated rings. The van der Waals surface area contributed by atoms with Crippen LogP contribution >= 0.6 is 0 Å². The Bertz CT molecular complexity index is 1230. The lowest BCUT2D eigenvalue weighted by Crippen LogP contribution is -2.48. The fourth-order valence-electron chi connectivity index (χ4n) is 3.41. The highest BCUT2D eigenvalue weighted by Crippen LogP contribution is 2.26. The fraction of sp³-hybridized carbons (Fsp3) is 0.421. The van der Waals surface area contributed by atoms with Gasteiger partial charge in [0, 0.05) is 32.0 Å². The quantitative estimate of drug-likeness (QED) is 0.443. The molecule has 4 rings (SSSR count). The van der Waals surface area contributed by atoms with Crippen molar-refractivity contribution >= 4 is 29.0 Å². The van der Waals surface area contributed by atoms with Gasteiger partial charge in [-0.3, -0.25) is 9.48 Å². The van der Waals surface area contributed by atoms with Crippen molar-refractivity contribution in [3.8, 4) is 0 Å². The predicted octanol–water partition coefficient (Wildman–Crippen LogP) is 2.16. The second-order valence-corrected chi connectivity index (χ2v) is 7.77. The largest absolute Gasteiger partial charge is 0.490 e. The summed E-state index contributed by atoms with van der Waals surface area (Å²) in [5.74, 6) is -2.95. The molecule has 4 N–H and O–H groups in total. The van der Waals surface area contributed by atoms with Crippen molar-refractivity contribution in [3.05, 3.63) is 35.9 Å². The molecule has 11 nitrogen and oxygen atoms in total. The third kappa shape index (κ3) is 6.21. The highest BCUT2D eigenvalue weighted by atomic mass is 19.4. The molecule has 17 heteroatoms. The standard InChI is InChI=1S/C17H19F3N8O.C2HF3O2/c1-26-8-12(14(25-26)15(19)20)23-17(29)11-5-22-28-3-2-13(24-16(11)28)27-6-9(18)4-10(21)7-27;3-2(4,5)1(6)7/h2-3,5,8-10,15H,4,6-7,21H2,1H3,(H,23,29);(H,6,7)/t9-,10+;/m1./s1. The lowest BCUT2D eigenvalue weighted by Gasteiger charge is -2.33. The van der Waals surface area contributed by atoms with Crippen LogP contribution in [-0.4, -0.2) is 72.8 Å². The number of rotatable bonds is 4. The highest BCUT2D eigenvalue weighted by molar-refractivity contribution is 6.08. The van der Waals surface area contributed by atoms with Gasteiger partial charge < -0.3 is 21.1 Å². The summed E-state index contributed by atoms with van der Waals surface area (Å²) < 4.78 is 74.4. The molecule has 196 valence electrons. The first-order valence-electron chi connectivity index (χ1n) is 10.2. The zero-order valence-electron chi connectivity index (χ0n) is 18.5. The van der Waals surface area contributed by atoms with Crippen LogP contribution in [0.3, 0.4) is 0 Å². The molecule has 1 aliphatic heterocycles. The SMILES string of the molecule is Cn1cc(NC(=O)c2cnn3ccc(N4C[C@@H](N)C[C@@H](F)C4)nc23)c(C(F)F)n1.O=C(O)C(F)(F)F. The maximum atomic E-state index is 13.9. The van der Waals surface area contributed by atoms with Crippen LogP contribution in [0.2, 0.25) is 0 Å². The van der Waals surface area contributed by atoms with Gasteiger partial charge in [0.25, 0.3) is 12.3 Å². The molecule has 1 aliphatic rings. The van der Waals surface area contributed by atoms with E-state index < -0.39 is 36.3 Å². The number of piperidine rings is 1. The van der Waals surface area contributed by atoms with E-state index in [0.717, 1.165) is 0 Å². The molecule has 0 saturated carbocycles. The number of aliphatic carboxylic acids is 1. The fourth-order valence-corrected chi connectivity index (χ4v) is 3.41. The zero-order chi connectivity index (χ0) is 26.8. The first-order chi connectivity index (χ1) is 16.8. The molecule has 4 heterocycles. The highest BCUT2D eigenvalue weighted by Gasteiger charge is 2.38. The van der Waals surface area contributed by atoms with Gasteiger partial charge in [0.1, 0.15) is 17.6 Å². The summed E-state index contributed by atoms with van der Waals surface area (Å²) >= 11 is 0. The zero-order valence-corrected chi connectivity index (χ0v) is 18.5. The van der Waals surface area contributed by atoms with Gasteiger partial charge in [-0.1, -0.05) is 0 Å². The first kappa shape index (κ1) is 26.7. The number of hydrogen-bond donors (Lipinski definition) is 3. The molecule has 0 radical (unpaired) electrons. The van der Waals surface area contributed by atoms with Crippen molar-refractivity contribution in [2.24, 2.45) is 12.8 Å². The van der Waals surface area contributed by atoms with Crippen LogP contribution in [0.15, 0.2) is 24.7 Å². The average molecular weight is 522 g/mol. The Hall–Kier alpha value is -3.89. The molecule has 3 aromatic heterocycles. The van der Waals surface area contributed by atoms with E-state index in [4.69, 9.17) is 15.6 Å². The number of hydrogen-bond acceptors (Lipinski definition) is 7. The number of nitrogens with one attached hydrogen (secondary N) is 1. The number of halogens is 6. The van der Waals surface area contributed by atoms with Crippen LogP contribution in [0, 0.1) is 0 Å². The van der Waals surface area contributed by atoms with E-state index in [9.17, 15) is 31.1 Å². The van der Waals surface area contributed by atoms with E-state index in [2.05, 4.69) is 20.5 Å². The van der Waals surface area contributed by atoms with E-state index >= 15 is 0 Å². The van der Waals surface area contributed by atoms with E-state index in [0.29, 0.717) is 12.4 Å². The minimum absolute atomic E-state index is 0.0917. The second-order valence-electron chi connectivity index (χ2n) is 7.77. The number of nitrogens with two attached hydrogens (primary N) is 1. The summed E-state index contributed by atoms with van der Waals surface area (Å²) in [6, 6.07) is 1.34. The third-order valence-corrected chi connectivity index (χ3v) is 4.91. The topological polar surface area (TPSA) is 144 Å². The Morgan fingerprint density at radius 1 is 1.28 bits per heavy atom. The molecule has 3 aromatic rings. The molecule has 0 bridgehead atoms. The lowest BCUT2D eigenvalue weighted by atomic mass is 10.1. The number of carboxylic acids is 1. The molecule has 0 unspecified atom stereocenters. The van der Waals surface area contributed by atoms with Crippen LogP contribution in [-0.2, 0) is 11.8 Å². The molecule has 0 aliphatic carbocycles. The van der Waals surface area contributed by atoms with Crippen molar-refractivity contribution in [3.63, 3.8) is 0 Å². The molecule has 36 heavy (non-hydrogen) atoms. The molecule has 2 atom stereocenters. The first-order valence-corrected chi connectivity index (χ1v) is 10.2. The number of carbonyl (C=O) groups excluding carboxylic acids is 1. The smallest absolute Gasteiger partial charge is 0.475 e. The van der Waals surface area contributed by atoms with Crippen LogP contribution in [0.5, 0.6) is 0 Å². The van der Waals surface area contributed by atoms with E-state index in [1.165, 1.54) is 28.6 Å². The summed E-state index contributed by atoms with van der Waals surface area (Å²) in [5, 5.41) is 17.3. The van der Waals surface area contributed by atoms with Gasteiger partial charge in [-0.15, -0.1) is 0 Å². The summed E-state index contributed by atoms with van der Waals surface area (Å²) in [6.07, 6.45) is -4.52. The molecular formula is C19H20F6N8O3. The Balaban J connectivity index is 0.000000454. The molecule has 0 aromatic carbocycles. The number of nitrogens with zero attached hydrogens (tertiary/aromatic N) is 6. The monoisotopic (exact) mass is 522 g/mol. The van der Waals surface area contributed by atoms with E-state index in [1.54, 1.807) is 17.2 Å². The normalized spacial score (nSPS) is 18.2. The minimum Gasteiger partial charge on any atom is -0.475 e. The van der Waals surface area contributed by atoms with Gasteiger partial charge in [0.05, 0.1) is 18.4 Å². The molecule has 1 amide bonds. The molecule has 1 saturated heterocycles. The number of carbonyl (C=O) groups is 2. The van der Waals surface area contributed by atoms with E-state index in [1.807, 2.05) is 0 Å². The number of aromatic nitrogens is 5. The molecule has 0 spiro atoms. The van der Waals surface area contributed by atoms with Gasteiger partial charge in [-0.05, 0) is 12.5 Å². The summed E-state index contributed by atoms with van der Waals surface area (Å²) in [4.78, 5) is 27.7. The summed E-state index contributed by atoms with van der Waals surface area (Å²) in [7, 11) is 1.48. The Morgan fingerprint density at radius 3 is 2.53 bits per heavy atom. The summed E-state index contributed by atoms with van der Waals surface area (Å²) in [5.41, 5.74) is 5.58. The Labute approximate surface area is 198 Å². The summed E-state index contributed by atoms with van der Waals surface area (Å²) in [6.45, 7) is 0.590. The van der Waals surface area contributed by atoms with Crippen LogP contribution in [0.4, 0.5) is 37.8 Å². The number of anilines is 2. The Kier molecular flexibility index (Phi) is 7.71. The third-order valence-electron chi connectivity index (χ3n) is 4.91. The van der Waals surface area contributed by atoms with Crippen molar-refractivity contribution in [1.29, 1.82) is 0 Å². The Morgan fingerprint density at radius 2 is 1.94 bits per heavy atom. The maximum absolute atomic E-state index is 13.9. The van der Waals surface area contributed by atoms with Gasteiger partial charge >= 0.3 is 12.1 Å². The predicted molar refractivity (Wildman–Crippen MR) is 112 cm³/mol.